The zero-order chi connectivity index (χ0) is 23.5. The summed E-state index contributed by atoms with van der Waals surface area (Å²) in [5.41, 5.74) is 2.42. The molecule has 0 radical (unpaired) electrons. The number of likely N-dealkylation sites (tertiary alicyclic amines) is 1. The predicted molar refractivity (Wildman–Crippen MR) is 134 cm³/mol. The van der Waals surface area contributed by atoms with E-state index in [-0.39, 0.29) is 17.4 Å². The van der Waals surface area contributed by atoms with Crippen LogP contribution in [0, 0.1) is 4.77 Å². The largest absolute Gasteiger partial charge is 0.440 e. The van der Waals surface area contributed by atoms with Crippen molar-refractivity contribution in [1.29, 1.82) is 0 Å². The highest BCUT2D eigenvalue weighted by Gasteiger charge is 2.26. The maximum absolute atomic E-state index is 12.7. The van der Waals surface area contributed by atoms with Crippen molar-refractivity contribution in [2.24, 2.45) is 0 Å². The van der Waals surface area contributed by atoms with Gasteiger partial charge in [-0.1, -0.05) is 30.7 Å². The van der Waals surface area contributed by atoms with E-state index in [9.17, 15) is 9.59 Å². The third kappa shape index (κ3) is 4.68. The highest BCUT2D eigenvalue weighted by molar-refractivity contribution is 7.71. The highest BCUT2D eigenvalue weighted by Crippen LogP contribution is 2.30. The first-order valence-corrected chi connectivity index (χ1v) is 12.4. The van der Waals surface area contributed by atoms with Crippen LogP contribution < -0.4 is 5.56 Å². The van der Waals surface area contributed by atoms with E-state index in [1.165, 1.54) is 0 Å². The minimum Gasteiger partial charge on any atom is -0.440 e. The molecule has 0 bridgehead atoms. The van der Waals surface area contributed by atoms with Gasteiger partial charge in [-0.25, -0.2) is 4.98 Å². The van der Waals surface area contributed by atoms with Crippen LogP contribution in [0.2, 0.25) is 0 Å². The summed E-state index contributed by atoms with van der Waals surface area (Å²) in [6.07, 6.45) is 4.78. The van der Waals surface area contributed by atoms with Gasteiger partial charge in [0.25, 0.3) is 5.56 Å². The summed E-state index contributed by atoms with van der Waals surface area (Å²) in [6.45, 7) is 2.04. The molecule has 0 saturated carbocycles. The normalized spacial score (nSPS) is 14.8. The van der Waals surface area contributed by atoms with Gasteiger partial charge in [-0.15, -0.1) is 0 Å². The lowest BCUT2D eigenvalue weighted by atomic mass is 9.96. The molecule has 2 aromatic heterocycles. The second kappa shape index (κ2) is 9.93. The van der Waals surface area contributed by atoms with Crippen LogP contribution in [0.15, 0.2) is 57.7 Å². The number of fused-ring (bicyclic) bond motifs is 2. The van der Waals surface area contributed by atoms with Gasteiger partial charge < -0.3 is 14.3 Å². The van der Waals surface area contributed by atoms with Crippen LogP contribution >= 0.6 is 12.2 Å². The summed E-state index contributed by atoms with van der Waals surface area (Å²) in [5, 5.41) is 0.646. The summed E-state index contributed by atoms with van der Waals surface area (Å²) in [7, 11) is 0. The number of rotatable bonds is 7. The number of oxazole rings is 1. The van der Waals surface area contributed by atoms with Gasteiger partial charge in [0.1, 0.15) is 5.52 Å². The topological polar surface area (TPSA) is 84.1 Å². The Morgan fingerprint density at radius 2 is 1.82 bits per heavy atom. The Morgan fingerprint density at radius 3 is 2.65 bits per heavy atom. The molecule has 1 fully saturated rings. The highest BCUT2D eigenvalue weighted by atomic mass is 32.1. The van der Waals surface area contributed by atoms with Crippen molar-refractivity contribution in [1.82, 2.24) is 19.4 Å². The predicted octanol–water partition coefficient (Wildman–Crippen LogP) is 5.17. The molecular weight excluding hydrogens is 448 g/mol. The molecule has 176 valence electrons. The average molecular weight is 477 g/mol. The Balaban J connectivity index is 1.07. The number of para-hydroxylation sites is 3. The van der Waals surface area contributed by atoms with Gasteiger partial charge in [0.15, 0.2) is 16.2 Å². The second-order valence-corrected chi connectivity index (χ2v) is 9.30. The van der Waals surface area contributed by atoms with Crippen LogP contribution in [0.25, 0.3) is 22.0 Å². The molecule has 1 saturated heterocycles. The first kappa shape index (κ1) is 22.5. The first-order chi connectivity index (χ1) is 16.6. The molecule has 5 rings (SSSR count). The van der Waals surface area contributed by atoms with Crippen LogP contribution in [0.4, 0.5) is 0 Å². The van der Waals surface area contributed by atoms with Gasteiger partial charge in [-0.05, 0) is 62.2 Å². The Morgan fingerprint density at radius 1 is 1.06 bits per heavy atom. The summed E-state index contributed by atoms with van der Waals surface area (Å²) < 4.78 is 7.99. The van der Waals surface area contributed by atoms with Crippen LogP contribution in [-0.2, 0) is 11.3 Å². The molecule has 0 unspecified atom stereocenters. The number of piperidine rings is 1. The van der Waals surface area contributed by atoms with Crippen molar-refractivity contribution in [2.75, 3.05) is 13.1 Å². The fourth-order valence-electron chi connectivity index (χ4n) is 4.72. The van der Waals surface area contributed by atoms with Crippen LogP contribution in [0.5, 0.6) is 0 Å². The number of unbranched alkanes of at least 4 members (excludes halogenated alkanes) is 2. The Labute approximate surface area is 202 Å². The summed E-state index contributed by atoms with van der Waals surface area (Å²) in [6, 6.07) is 15.2. The summed E-state index contributed by atoms with van der Waals surface area (Å²) >= 11 is 5.37. The van der Waals surface area contributed by atoms with Gasteiger partial charge in [-0.3, -0.25) is 14.2 Å². The summed E-state index contributed by atoms with van der Waals surface area (Å²) in [5.74, 6) is 1.26. The second-order valence-electron chi connectivity index (χ2n) is 8.92. The lowest BCUT2D eigenvalue weighted by molar-refractivity contribution is -0.132. The van der Waals surface area contributed by atoms with Crippen molar-refractivity contribution in [3.63, 3.8) is 0 Å². The summed E-state index contributed by atoms with van der Waals surface area (Å²) in [4.78, 5) is 35.1. The number of amides is 1. The lowest BCUT2D eigenvalue weighted by Crippen LogP contribution is -2.37. The molecule has 1 amide bonds. The van der Waals surface area contributed by atoms with E-state index in [1.807, 2.05) is 53.4 Å². The van der Waals surface area contributed by atoms with E-state index < -0.39 is 0 Å². The lowest BCUT2D eigenvalue weighted by Gasteiger charge is -2.30. The Kier molecular flexibility index (Phi) is 6.58. The molecule has 0 spiro atoms. The quantitative estimate of drug-likeness (QED) is 0.294. The van der Waals surface area contributed by atoms with Crippen molar-refractivity contribution < 1.29 is 9.21 Å². The molecule has 34 heavy (non-hydrogen) atoms. The SMILES string of the molecule is O=C(CCCCCn1c(=S)[nH]c2ccccc2c1=O)N1CCC(c2nc3ccccc3o2)CC1. The third-order valence-corrected chi connectivity index (χ3v) is 6.99. The van der Waals surface area contributed by atoms with E-state index in [0.717, 1.165) is 67.7 Å². The number of hydrogen-bond donors (Lipinski definition) is 1. The molecular formula is C26H28N4O3S. The number of H-pyrrole nitrogens is 1. The van der Waals surface area contributed by atoms with E-state index >= 15 is 0 Å². The van der Waals surface area contributed by atoms with E-state index in [0.29, 0.717) is 23.1 Å². The van der Waals surface area contributed by atoms with Gasteiger partial charge >= 0.3 is 0 Å². The van der Waals surface area contributed by atoms with Crippen LogP contribution in [-0.4, -0.2) is 38.4 Å². The van der Waals surface area contributed by atoms with Gasteiger partial charge in [0, 0.05) is 32.0 Å². The Hall–Kier alpha value is -3.26. The zero-order valence-electron chi connectivity index (χ0n) is 19.0. The number of hydrogen-bond acceptors (Lipinski definition) is 5. The fraction of sp³-hybridized carbons (Fsp3) is 0.385. The number of nitrogens with zero attached hydrogens (tertiary/aromatic N) is 3. The number of benzene rings is 2. The zero-order valence-corrected chi connectivity index (χ0v) is 19.9. The van der Waals surface area contributed by atoms with Crippen molar-refractivity contribution >= 4 is 40.1 Å². The van der Waals surface area contributed by atoms with Crippen LogP contribution in [0.3, 0.4) is 0 Å². The van der Waals surface area contributed by atoms with Crippen molar-refractivity contribution in [3.8, 4) is 0 Å². The average Bonchev–Trinajstić information content (AvgIpc) is 3.30. The number of aromatic amines is 1. The van der Waals surface area contributed by atoms with E-state index in [4.69, 9.17) is 16.6 Å². The minimum absolute atomic E-state index is 0.0581. The minimum atomic E-state index is -0.0581. The smallest absolute Gasteiger partial charge is 0.262 e. The number of carbonyl (C=O) groups is 1. The van der Waals surface area contributed by atoms with Crippen molar-refractivity contribution in [2.45, 2.75) is 51.0 Å². The molecule has 8 heteroatoms. The first-order valence-electron chi connectivity index (χ1n) is 12.0. The van der Waals surface area contributed by atoms with Crippen molar-refractivity contribution in [3.05, 3.63) is 69.5 Å². The molecule has 1 aliphatic heterocycles. The number of nitrogens with one attached hydrogen (secondary N) is 1. The molecule has 4 aromatic rings. The number of carbonyl (C=O) groups excluding carboxylic acids is 1. The van der Waals surface area contributed by atoms with E-state index in [2.05, 4.69) is 9.97 Å². The van der Waals surface area contributed by atoms with Crippen LogP contribution in [0.1, 0.15) is 50.3 Å². The molecule has 0 aliphatic carbocycles. The van der Waals surface area contributed by atoms with Gasteiger partial charge in [-0.2, -0.15) is 0 Å². The van der Waals surface area contributed by atoms with E-state index in [1.54, 1.807) is 4.57 Å². The van der Waals surface area contributed by atoms with Gasteiger partial charge in [0.05, 0.1) is 10.9 Å². The third-order valence-electron chi connectivity index (χ3n) is 6.67. The maximum Gasteiger partial charge on any atom is 0.262 e. The number of aromatic nitrogens is 3. The van der Waals surface area contributed by atoms with Gasteiger partial charge in [0.2, 0.25) is 5.91 Å². The molecule has 3 heterocycles. The molecule has 1 aliphatic rings. The standard InChI is InChI=1S/C26H28N4O3S/c31-23(29-16-13-18(14-17-29)24-27-21-10-5-6-11-22(21)33-24)12-2-1-7-15-30-25(32)19-8-3-4-9-20(19)28-26(30)34/h3-6,8-11,18H,1-2,7,12-17H2,(H,28,34). The monoisotopic (exact) mass is 476 g/mol. The fourth-order valence-corrected chi connectivity index (χ4v) is 5.01. The molecule has 1 N–H and O–H groups in total. The molecule has 0 atom stereocenters. The Bertz CT molecular complexity index is 1400. The molecule has 7 nitrogen and oxygen atoms in total. The molecule has 2 aromatic carbocycles. The maximum atomic E-state index is 12.7.